The van der Waals surface area contributed by atoms with Gasteiger partial charge in [0.25, 0.3) is 0 Å². The summed E-state index contributed by atoms with van der Waals surface area (Å²) in [5.74, 6) is 0. The topological polar surface area (TPSA) is 85.7 Å². The summed E-state index contributed by atoms with van der Waals surface area (Å²) < 4.78 is 0. The van der Waals surface area contributed by atoms with Gasteiger partial charge in [-0.2, -0.15) is 0 Å². The molecule has 1 atom stereocenters. The lowest BCUT2D eigenvalue weighted by Crippen LogP contribution is -2.38. The van der Waals surface area contributed by atoms with E-state index >= 15 is 0 Å². The van der Waals surface area contributed by atoms with Gasteiger partial charge in [-0.05, 0) is 30.9 Å². The number of carbonyl (C=O) groups is 1. The molecule has 3 N–H and O–H groups in total. The summed E-state index contributed by atoms with van der Waals surface area (Å²) >= 11 is 5.75. The van der Waals surface area contributed by atoms with Gasteiger partial charge in [0.1, 0.15) is 5.15 Å². The number of piperidine rings is 1. The zero-order valence-electron chi connectivity index (χ0n) is 11.7. The van der Waals surface area contributed by atoms with Crippen molar-refractivity contribution in [3.8, 4) is 0 Å². The summed E-state index contributed by atoms with van der Waals surface area (Å²) in [5.41, 5.74) is 0.804. The summed E-state index contributed by atoms with van der Waals surface area (Å²) in [7, 11) is 0. The number of pyridine rings is 1. The first-order chi connectivity index (χ1) is 10.0. The maximum Gasteiger partial charge on any atom is 0.405 e. The number of aliphatic hydroxyl groups is 1. The molecular formula is C14H20ClN3O3. The van der Waals surface area contributed by atoms with Gasteiger partial charge in [-0.1, -0.05) is 17.7 Å². The number of nitrogens with zero attached hydrogens (tertiary/aromatic N) is 2. The van der Waals surface area contributed by atoms with Crippen molar-refractivity contribution in [3.63, 3.8) is 0 Å². The number of carboxylic acid groups (broad SMARTS) is 1. The molecule has 0 spiro atoms. The molecule has 1 aromatic heterocycles. The maximum absolute atomic E-state index is 10.9. The number of hydrogen-bond acceptors (Lipinski definition) is 4. The van der Waals surface area contributed by atoms with Crippen LogP contribution in [-0.4, -0.2) is 51.9 Å². The van der Waals surface area contributed by atoms with Crippen LogP contribution in [0.25, 0.3) is 0 Å². The predicted octanol–water partition coefficient (Wildman–Crippen LogP) is 1.89. The van der Waals surface area contributed by atoms with Gasteiger partial charge < -0.3 is 20.4 Å². The highest BCUT2D eigenvalue weighted by atomic mass is 35.5. The minimum Gasteiger partial charge on any atom is -0.465 e. The lowest BCUT2D eigenvalue weighted by atomic mass is 10.0. The van der Waals surface area contributed by atoms with E-state index in [-0.39, 0.29) is 12.1 Å². The normalized spacial score (nSPS) is 18.4. The Morgan fingerprint density at radius 2 is 2.19 bits per heavy atom. The molecule has 0 aliphatic carbocycles. The van der Waals surface area contributed by atoms with Crippen LogP contribution < -0.4 is 5.32 Å². The first kappa shape index (κ1) is 16.0. The highest BCUT2D eigenvalue weighted by Crippen LogP contribution is 2.19. The van der Waals surface area contributed by atoms with E-state index in [9.17, 15) is 9.90 Å². The monoisotopic (exact) mass is 313 g/mol. The van der Waals surface area contributed by atoms with Crippen molar-refractivity contribution in [2.24, 2.45) is 0 Å². The molecule has 2 rings (SSSR count). The molecule has 1 aromatic rings. The third-order valence-corrected chi connectivity index (χ3v) is 3.97. The van der Waals surface area contributed by atoms with Crippen LogP contribution in [0.1, 0.15) is 30.9 Å². The number of nitrogens with one attached hydrogen (secondary N) is 1. The van der Waals surface area contributed by atoms with Crippen LogP contribution in [0.5, 0.6) is 0 Å². The molecule has 7 heteroatoms. The number of likely N-dealkylation sites (tertiary alicyclic amines) is 1. The van der Waals surface area contributed by atoms with E-state index < -0.39 is 6.09 Å². The first-order valence-corrected chi connectivity index (χ1v) is 7.43. The van der Waals surface area contributed by atoms with Crippen molar-refractivity contribution < 1.29 is 15.0 Å². The Labute approximate surface area is 128 Å². The van der Waals surface area contributed by atoms with Crippen molar-refractivity contribution in [1.29, 1.82) is 0 Å². The van der Waals surface area contributed by atoms with Crippen LogP contribution in [0, 0.1) is 0 Å². The molecule has 1 fully saturated rings. The molecule has 116 valence electrons. The quantitative estimate of drug-likeness (QED) is 0.723. The summed E-state index contributed by atoms with van der Waals surface area (Å²) in [6, 6.07) is 3.14. The number of amides is 1. The first-order valence-electron chi connectivity index (χ1n) is 7.06. The Bertz CT molecular complexity index is 461. The second kappa shape index (κ2) is 7.59. The minimum absolute atomic E-state index is 0.199. The van der Waals surface area contributed by atoms with Crippen LogP contribution in [0.15, 0.2) is 18.3 Å². The minimum atomic E-state index is -1.05. The SMILES string of the molecule is O=C(O)NC(CCN1CCC(O)CC1)c1ccc(Cl)nc1. The molecule has 0 saturated carbocycles. The van der Waals surface area contributed by atoms with E-state index in [4.69, 9.17) is 16.7 Å². The van der Waals surface area contributed by atoms with Crippen molar-refractivity contribution in [3.05, 3.63) is 29.0 Å². The van der Waals surface area contributed by atoms with E-state index in [0.717, 1.165) is 38.0 Å². The molecule has 1 saturated heterocycles. The van der Waals surface area contributed by atoms with E-state index in [1.807, 2.05) is 0 Å². The predicted molar refractivity (Wildman–Crippen MR) is 79.4 cm³/mol. The Balaban J connectivity index is 1.93. The second-order valence-electron chi connectivity index (χ2n) is 5.28. The average molecular weight is 314 g/mol. The summed E-state index contributed by atoms with van der Waals surface area (Å²) in [6.07, 6.45) is 2.56. The highest BCUT2D eigenvalue weighted by Gasteiger charge is 2.20. The fourth-order valence-corrected chi connectivity index (χ4v) is 2.63. The smallest absolute Gasteiger partial charge is 0.405 e. The van der Waals surface area contributed by atoms with Crippen molar-refractivity contribution >= 4 is 17.7 Å². The number of aliphatic hydroxyl groups excluding tert-OH is 1. The second-order valence-corrected chi connectivity index (χ2v) is 5.67. The lowest BCUT2D eigenvalue weighted by Gasteiger charge is -2.30. The Kier molecular flexibility index (Phi) is 5.78. The molecule has 1 unspecified atom stereocenters. The zero-order valence-corrected chi connectivity index (χ0v) is 12.5. The fraction of sp³-hybridized carbons (Fsp3) is 0.571. The van der Waals surface area contributed by atoms with Crippen LogP contribution >= 0.6 is 11.6 Å². The van der Waals surface area contributed by atoms with Crippen molar-refractivity contribution in [2.45, 2.75) is 31.4 Å². The summed E-state index contributed by atoms with van der Waals surface area (Å²) in [5, 5.41) is 21.4. The third kappa shape index (κ3) is 5.15. The van der Waals surface area contributed by atoms with Gasteiger partial charge in [-0.15, -0.1) is 0 Å². The number of hydrogen-bond donors (Lipinski definition) is 3. The number of halogens is 1. The largest absolute Gasteiger partial charge is 0.465 e. The highest BCUT2D eigenvalue weighted by molar-refractivity contribution is 6.29. The van der Waals surface area contributed by atoms with Crippen LogP contribution in [0.4, 0.5) is 4.79 Å². The van der Waals surface area contributed by atoms with Crippen molar-refractivity contribution in [1.82, 2.24) is 15.2 Å². The Morgan fingerprint density at radius 3 is 2.76 bits per heavy atom. The molecule has 0 aromatic carbocycles. The molecule has 6 nitrogen and oxygen atoms in total. The molecule has 1 aliphatic heterocycles. The molecule has 2 heterocycles. The van der Waals surface area contributed by atoms with Crippen LogP contribution in [-0.2, 0) is 0 Å². The fourth-order valence-electron chi connectivity index (χ4n) is 2.52. The molecule has 1 amide bonds. The molecule has 21 heavy (non-hydrogen) atoms. The van der Waals surface area contributed by atoms with Gasteiger partial charge in [0.15, 0.2) is 0 Å². The standard InChI is InChI=1S/C14H20ClN3O3/c15-13-2-1-10(9-16-13)12(17-14(20)21)5-8-18-6-3-11(19)4-7-18/h1-2,9,11-12,17,19H,3-8H2,(H,20,21). The van der Waals surface area contributed by atoms with Crippen molar-refractivity contribution in [2.75, 3.05) is 19.6 Å². The van der Waals surface area contributed by atoms with E-state index in [0.29, 0.717) is 11.6 Å². The van der Waals surface area contributed by atoms with Gasteiger partial charge in [0.2, 0.25) is 0 Å². The van der Waals surface area contributed by atoms with E-state index in [1.165, 1.54) is 0 Å². The molecule has 1 aliphatic rings. The average Bonchev–Trinajstić information content (AvgIpc) is 2.46. The molecule has 0 radical (unpaired) electrons. The third-order valence-electron chi connectivity index (χ3n) is 3.74. The maximum atomic E-state index is 10.9. The Morgan fingerprint density at radius 1 is 1.48 bits per heavy atom. The zero-order chi connectivity index (χ0) is 15.2. The lowest BCUT2D eigenvalue weighted by molar-refractivity contribution is 0.0806. The van der Waals surface area contributed by atoms with Gasteiger partial charge in [-0.25, -0.2) is 9.78 Å². The van der Waals surface area contributed by atoms with Crippen LogP contribution in [0.2, 0.25) is 5.15 Å². The van der Waals surface area contributed by atoms with Gasteiger partial charge in [0, 0.05) is 25.8 Å². The number of aromatic nitrogens is 1. The summed E-state index contributed by atoms with van der Waals surface area (Å²) in [6.45, 7) is 2.47. The summed E-state index contributed by atoms with van der Waals surface area (Å²) in [4.78, 5) is 17.2. The van der Waals surface area contributed by atoms with E-state index in [1.54, 1.807) is 18.3 Å². The number of rotatable bonds is 5. The van der Waals surface area contributed by atoms with Gasteiger partial charge in [0.05, 0.1) is 12.1 Å². The van der Waals surface area contributed by atoms with Gasteiger partial charge in [-0.3, -0.25) is 0 Å². The van der Waals surface area contributed by atoms with E-state index in [2.05, 4.69) is 15.2 Å². The molecular weight excluding hydrogens is 294 g/mol. The van der Waals surface area contributed by atoms with Crippen LogP contribution in [0.3, 0.4) is 0 Å². The molecule has 0 bridgehead atoms. The van der Waals surface area contributed by atoms with Gasteiger partial charge >= 0.3 is 6.09 Å². The Hall–Kier alpha value is -1.37.